The Morgan fingerprint density at radius 1 is 1.31 bits per heavy atom. The second-order valence-electron chi connectivity index (χ2n) is 5.10. The number of methoxy groups -OCH3 is 1. The van der Waals surface area contributed by atoms with E-state index < -0.39 is 0 Å². The maximum atomic E-state index is 5.48. The summed E-state index contributed by atoms with van der Waals surface area (Å²) in [4.78, 5) is 0. The summed E-state index contributed by atoms with van der Waals surface area (Å²) in [6.45, 7) is 1.32. The van der Waals surface area contributed by atoms with Crippen LogP contribution in [0.5, 0.6) is 5.75 Å². The summed E-state index contributed by atoms with van der Waals surface area (Å²) in [5.41, 5.74) is 2.99. The third-order valence-corrected chi connectivity index (χ3v) is 4.23. The van der Waals surface area contributed by atoms with Crippen LogP contribution in [0.15, 0.2) is 18.2 Å². The Morgan fingerprint density at radius 2 is 2.25 bits per heavy atom. The molecule has 3 rings (SSSR count). The van der Waals surface area contributed by atoms with Crippen LogP contribution in [-0.2, 0) is 12.8 Å². The number of fused-ring (bicyclic) bond motifs is 2. The van der Waals surface area contributed by atoms with Gasteiger partial charge in [-0.2, -0.15) is 0 Å². The number of hydrogen-bond acceptors (Lipinski definition) is 1. The number of quaternary nitrogens is 1. The third kappa shape index (κ3) is 1.61. The van der Waals surface area contributed by atoms with Crippen molar-refractivity contribution >= 4 is 0 Å². The monoisotopic (exact) mass is 218 g/mol. The zero-order valence-corrected chi connectivity index (χ0v) is 9.91. The van der Waals surface area contributed by atoms with Crippen molar-refractivity contribution in [2.45, 2.75) is 31.7 Å². The van der Waals surface area contributed by atoms with Crippen molar-refractivity contribution in [2.24, 2.45) is 5.92 Å². The van der Waals surface area contributed by atoms with Crippen molar-refractivity contribution in [1.82, 2.24) is 0 Å². The zero-order chi connectivity index (χ0) is 11.0. The Kier molecular flexibility index (Phi) is 2.60. The van der Waals surface area contributed by atoms with Crippen molar-refractivity contribution < 1.29 is 10.1 Å². The van der Waals surface area contributed by atoms with Crippen molar-refractivity contribution in [3.05, 3.63) is 29.3 Å². The molecule has 1 aromatic carbocycles. The van der Waals surface area contributed by atoms with E-state index in [9.17, 15) is 0 Å². The summed E-state index contributed by atoms with van der Waals surface area (Å²) in [7, 11) is 1.79. The minimum Gasteiger partial charge on any atom is -0.496 e. The van der Waals surface area contributed by atoms with Gasteiger partial charge in [0.2, 0.25) is 0 Å². The van der Waals surface area contributed by atoms with Gasteiger partial charge in [-0.05, 0) is 36.5 Å². The fourth-order valence-electron chi connectivity index (χ4n) is 3.36. The topological polar surface area (TPSA) is 25.8 Å². The van der Waals surface area contributed by atoms with E-state index in [1.807, 2.05) is 0 Å². The first-order valence-corrected chi connectivity index (χ1v) is 6.36. The molecule has 0 unspecified atom stereocenters. The fourth-order valence-corrected chi connectivity index (χ4v) is 3.36. The Labute approximate surface area is 97.0 Å². The number of benzene rings is 1. The molecular formula is C14H20NO+. The molecule has 0 radical (unpaired) electrons. The summed E-state index contributed by atoms with van der Waals surface area (Å²) >= 11 is 0. The average Bonchev–Trinajstić information content (AvgIpc) is 2.35. The van der Waals surface area contributed by atoms with E-state index in [1.54, 1.807) is 7.11 Å². The fraction of sp³-hybridized carbons (Fsp3) is 0.571. The number of ether oxygens (including phenoxy) is 1. The Balaban J connectivity index is 1.95. The summed E-state index contributed by atoms with van der Waals surface area (Å²) < 4.78 is 5.48. The van der Waals surface area contributed by atoms with E-state index >= 15 is 0 Å². The van der Waals surface area contributed by atoms with Crippen LogP contribution in [0.2, 0.25) is 0 Å². The van der Waals surface area contributed by atoms with Crippen LogP contribution in [0.4, 0.5) is 0 Å². The van der Waals surface area contributed by atoms with Crippen molar-refractivity contribution in [3.63, 3.8) is 0 Å². The molecule has 0 aromatic heterocycles. The summed E-state index contributed by atoms with van der Waals surface area (Å²) in [5, 5.41) is 2.55. The third-order valence-electron chi connectivity index (χ3n) is 4.23. The van der Waals surface area contributed by atoms with Gasteiger partial charge in [-0.25, -0.2) is 0 Å². The van der Waals surface area contributed by atoms with Crippen LogP contribution in [0.1, 0.15) is 24.0 Å². The van der Waals surface area contributed by atoms with Crippen molar-refractivity contribution in [1.29, 1.82) is 0 Å². The Bertz CT molecular complexity index is 388. The standard InChI is InChI=1S/C14H19NO/c1-16-14-6-2-4-10-9-13-11(8-12(10)14)5-3-7-15-13/h2,4,6,11,13,15H,3,5,7-9H2,1H3/p+1/t11-,13+/m0/s1. The normalized spacial score (nSPS) is 28.1. The van der Waals surface area contributed by atoms with Gasteiger partial charge in [0, 0.05) is 12.3 Å². The molecule has 1 fully saturated rings. The first kappa shape index (κ1) is 10.2. The molecule has 1 heterocycles. The second kappa shape index (κ2) is 4.10. The van der Waals surface area contributed by atoms with Crippen LogP contribution in [0.3, 0.4) is 0 Å². The lowest BCUT2D eigenvalue weighted by Gasteiger charge is -2.35. The predicted molar refractivity (Wildman–Crippen MR) is 63.7 cm³/mol. The molecular weight excluding hydrogens is 198 g/mol. The van der Waals surface area contributed by atoms with Crippen LogP contribution in [0.25, 0.3) is 0 Å². The number of nitrogens with two attached hydrogens (primary N) is 1. The largest absolute Gasteiger partial charge is 0.496 e. The van der Waals surface area contributed by atoms with Gasteiger partial charge in [-0.1, -0.05) is 12.1 Å². The molecule has 0 saturated carbocycles. The quantitative estimate of drug-likeness (QED) is 0.751. The van der Waals surface area contributed by atoms with Gasteiger partial charge in [-0.3, -0.25) is 0 Å². The molecule has 1 saturated heterocycles. The molecule has 0 bridgehead atoms. The van der Waals surface area contributed by atoms with Gasteiger partial charge in [0.1, 0.15) is 5.75 Å². The highest BCUT2D eigenvalue weighted by atomic mass is 16.5. The number of piperidine rings is 1. The van der Waals surface area contributed by atoms with E-state index in [4.69, 9.17) is 4.74 Å². The van der Waals surface area contributed by atoms with E-state index in [2.05, 4.69) is 23.5 Å². The molecule has 2 nitrogen and oxygen atoms in total. The predicted octanol–water partition coefficient (Wildman–Crippen LogP) is 1.14. The lowest BCUT2D eigenvalue weighted by molar-refractivity contribution is -0.705. The number of rotatable bonds is 1. The zero-order valence-electron chi connectivity index (χ0n) is 9.91. The van der Waals surface area contributed by atoms with Gasteiger partial charge in [0.25, 0.3) is 0 Å². The van der Waals surface area contributed by atoms with Gasteiger partial charge in [-0.15, -0.1) is 0 Å². The van der Waals surface area contributed by atoms with Crippen LogP contribution in [-0.4, -0.2) is 19.7 Å². The summed E-state index contributed by atoms with van der Waals surface area (Å²) in [5.74, 6) is 1.97. The second-order valence-corrected chi connectivity index (χ2v) is 5.10. The molecule has 1 aromatic rings. The van der Waals surface area contributed by atoms with Gasteiger partial charge in [0.05, 0.1) is 19.7 Å². The first-order chi connectivity index (χ1) is 7.88. The molecule has 2 heteroatoms. The molecule has 1 aliphatic carbocycles. The van der Waals surface area contributed by atoms with E-state index in [1.165, 1.54) is 43.4 Å². The van der Waals surface area contributed by atoms with E-state index in [-0.39, 0.29) is 0 Å². The molecule has 0 spiro atoms. The molecule has 1 aliphatic heterocycles. The van der Waals surface area contributed by atoms with Crippen molar-refractivity contribution in [3.8, 4) is 5.75 Å². The summed E-state index contributed by atoms with van der Waals surface area (Å²) in [6, 6.07) is 7.33. The van der Waals surface area contributed by atoms with Gasteiger partial charge >= 0.3 is 0 Å². The van der Waals surface area contributed by atoms with E-state index in [0.717, 1.165) is 17.7 Å². The molecule has 2 atom stereocenters. The van der Waals surface area contributed by atoms with Gasteiger partial charge in [0.15, 0.2) is 0 Å². The number of hydrogen-bond donors (Lipinski definition) is 1. The first-order valence-electron chi connectivity index (χ1n) is 6.36. The molecule has 86 valence electrons. The maximum absolute atomic E-state index is 5.48. The smallest absolute Gasteiger partial charge is 0.122 e. The summed E-state index contributed by atoms with van der Waals surface area (Å²) in [6.07, 6.45) is 5.24. The Hall–Kier alpha value is -1.02. The SMILES string of the molecule is COc1cccc2c1C[C@@H]1CCC[NH2+][C@@H]1C2. The highest BCUT2D eigenvalue weighted by molar-refractivity contribution is 5.42. The van der Waals surface area contributed by atoms with Crippen LogP contribution >= 0.6 is 0 Å². The van der Waals surface area contributed by atoms with Gasteiger partial charge < -0.3 is 10.1 Å². The minimum absolute atomic E-state index is 0.827. The van der Waals surface area contributed by atoms with Crippen LogP contribution in [0, 0.1) is 5.92 Å². The highest BCUT2D eigenvalue weighted by Gasteiger charge is 2.34. The Morgan fingerprint density at radius 3 is 3.12 bits per heavy atom. The highest BCUT2D eigenvalue weighted by Crippen LogP contribution is 2.33. The minimum atomic E-state index is 0.827. The molecule has 2 N–H and O–H groups in total. The lowest BCUT2D eigenvalue weighted by atomic mass is 9.76. The average molecular weight is 218 g/mol. The molecule has 16 heavy (non-hydrogen) atoms. The molecule has 0 amide bonds. The maximum Gasteiger partial charge on any atom is 0.122 e. The lowest BCUT2D eigenvalue weighted by Crippen LogP contribution is -2.94. The van der Waals surface area contributed by atoms with Crippen molar-refractivity contribution in [2.75, 3.05) is 13.7 Å². The molecule has 2 aliphatic rings. The van der Waals surface area contributed by atoms with E-state index in [0.29, 0.717) is 0 Å². The van der Waals surface area contributed by atoms with Crippen LogP contribution < -0.4 is 10.1 Å².